The van der Waals surface area contributed by atoms with Gasteiger partial charge in [-0.15, -0.1) is 0 Å². The second-order valence-electron chi connectivity index (χ2n) is 6.30. The highest BCUT2D eigenvalue weighted by Crippen LogP contribution is 2.14. The molecule has 0 radical (unpaired) electrons. The summed E-state index contributed by atoms with van der Waals surface area (Å²) in [6, 6.07) is 6.38. The van der Waals surface area contributed by atoms with Crippen LogP contribution in [0.4, 0.5) is 10.1 Å². The Morgan fingerprint density at radius 2 is 2.04 bits per heavy atom. The number of hydrogen-bond donors (Lipinski definition) is 1. The van der Waals surface area contributed by atoms with Gasteiger partial charge in [0.15, 0.2) is 5.11 Å². The van der Waals surface area contributed by atoms with Crippen LogP contribution in [0.5, 0.6) is 0 Å². The van der Waals surface area contributed by atoms with Gasteiger partial charge in [-0.05, 0) is 44.3 Å². The minimum atomic E-state index is -0.263. The van der Waals surface area contributed by atoms with Crippen molar-refractivity contribution in [2.24, 2.45) is 0 Å². The molecule has 0 unspecified atom stereocenters. The van der Waals surface area contributed by atoms with Crippen LogP contribution in [-0.4, -0.2) is 50.9 Å². The molecule has 7 heteroatoms. The van der Waals surface area contributed by atoms with Crippen LogP contribution in [0.2, 0.25) is 0 Å². The van der Waals surface area contributed by atoms with Gasteiger partial charge in [-0.2, -0.15) is 5.10 Å². The molecule has 25 heavy (non-hydrogen) atoms. The zero-order chi connectivity index (χ0) is 17.8. The highest BCUT2D eigenvalue weighted by molar-refractivity contribution is 7.80. The van der Waals surface area contributed by atoms with Crippen molar-refractivity contribution in [1.29, 1.82) is 0 Å². The molecule has 1 aliphatic rings. The zero-order valence-corrected chi connectivity index (χ0v) is 15.5. The molecule has 0 bridgehead atoms. The molecule has 2 heterocycles. The number of anilines is 1. The normalized spacial score (nSPS) is 15.4. The molecule has 1 aromatic heterocycles. The molecule has 1 fully saturated rings. The minimum Gasteiger partial charge on any atom is -0.346 e. The lowest BCUT2D eigenvalue weighted by Gasteiger charge is -2.36. The first-order chi connectivity index (χ1) is 12.0. The van der Waals surface area contributed by atoms with Gasteiger partial charge in [0.25, 0.3) is 0 Å². The smallest absolute Gasteiger partial charge is 0.173 e. The molecule has 5 nitrogen and oxygen atoms in total. The van der Waals surface area contributed by atoms with E-state index in [1.165, 1.54) is 17.7 Å². The zero-order valence-electron chi connectivity index (χ0n) is 14.7. The van der Waals surface area contributed by atoms with Gasteiger partial charge in [0.2, 0.25) is 0 Å². The van der Waals surface area contributed by atoms with Gasteiger partial charge in [0.1, 0.15) is 5.82 Å². The number of nitrogens with zero attached hydrogens (tertiary/aromatic N) is 4. The molecule has 0 atom stereocenters. The standard InChI is InChI=1S/C18H24FN5S/c1-3-24-13-15(14(2)21-24)12-22-7-9-23(10-8-22)18(25)20-17-6-4-5-16(19)11-17/h4-6,11,13H,3,7-10,12H2,1-2H3,(H,20,25). The van der Waals surface area contributed by atoms with Crippen molar-refractivity contribution < 1.29 is 4.39 Å². The maximum Gasteiger partial charge on any atom is 0.173 e. The predicted octanol–water partition coefficient (Wildman–Crippen LogP) is 2.87. The highest BCUT2D eigenvalue weighted by atomic mass is 32.1. The summed E-state index contributed by atoms with van der Waals surface area (Å²) in [5.74, 6) is -0.263. The molecule has 2 aromatic rings. The van der Waals surface area contributed by atoms with Gasteiger partial charge in [0, 0.05) is 56.7 Å². The molecule has 0 spiro atoms. The van der Waals surface area contributed by atoms with Crippen molar-refractivity contribution in [3.05, 3.63) is 47.5 Å². The van der Waals surface area contributed by atoms with E-state index in [-0.39, 0.29) is 5.82 Å². The van der Waals surface area contributed by atoms with Crippen molar-refractivity contribution in [1.82, 2.24) is 19.6 Å². The van der Waals surface area contributed by atoms with Crippen LogP contribution in [-0.2, 0) is 13.1 Å². The van der Waals surface area contributed by atoms with Crippen LogP contribution in [0.1, 0.15) is 18.2 Å². The Kier molecular flexibility index (Phi) is 5.65. The average Bonchev–Trinajstić information content (AvgIpc) is 2.95. The van der Waals surface area contributed by atoms with E-state index in [9.17, 15) is 4.39 Å². The fourth-order valence-electron chi connectivity index (χ4n) is 3.00. The summed E-state index contributed by atoms with van der Waals surface area (Å²) in [4.78, 5) is 4.56. The number of piperazine rings is 1. The number of aryl methyl sites for hydroxylation is 2. The van der Waals surface area contributed by atoms with E-state index < -0.39 is 0 Å². The maximum atomic E-state index is 13.3. The van der Waals surface area contributed by atoms with Crippen LogP contribution in [0, 0.1) is 12.7 Å². The van der Waals surface area contributed by atoms with E-state index in [0.717, 1.165) is 45.0 Å². The Labute approximate surface area is 153 Å². The van der Waals surface area contributed by atoms with Crippen molar-refractivity contribution in [3.8, 4) is 0 Å². The molecule has 1 aliphatic heterocycles. The van der Waals surface area contributed by atoms with Crippen molar-refractivity contribution in [2.75, 3.05) is 31.5 Å². The molecule has 1 aromatic carbocycles. The fourth-order valence-corrected chi connectivity index (χ4v) is 3.30. The first-order valence-electron chi connectivity index (χ1n) is 8.62. The van der Waals surface area contributed by atoms with Gasteiger partial charge in [-0.3, -0.25) is 9.58 Å². The molecule has 0 saturated carbocycles. The number of halogens is 1. The Hall–Kier alpha value is -1.99. The predicted molar refractivity (Wildman–Crippen MR) is 102 cm³/mol. The van der Waals surface area contributed by atoms with Crippen LogP contribution in [0.3, 0.4) is 0 Å². The maximum absolute atomic E-state index is 13.3. The number of rotatable bonds is 4. The lowest BCUT2D eigenvalue weighted by atomic mass is 10.2. The van der Waals surface area contributed by atoms with E-state index in [2.05, 4.69) is 40.3 Å². The number of aromatic nitrogens is 2. The number of nitrogens with one attached hydrogen (secondary N) is 1. The Morgan fingerprint density at radius 3 is 2.68 bits per heavy atom. The van der Waals surface area contributed by atoms with E-state index >= 15 is 0 Å². The number of hydrogen-bond acceptors (Lipinski definition) is 3. The van der Waals surface area contributed by atoms with E-state index in [1.54, 1.807) is 6.07 Å². The average molecular weight is 361 g/mol. The van der Waals surface area contributed by atoms with Gasteiger partial charge in [0.05, 0.1) is 5.69 Å². The third-order valence-corrected chi connectivity index (χ3v) is 4.86. The summed E-state index contributed by atoms with van der Waals surface area (Å²) >= 11 is 5.47. The van der Waals surface area contributed by atoms with Crippen molar-refractivity contribution in [2.45, 2.75) is 26.9 Å². The van der Waals surface area contributed by atoms with Crippen LogP contribution in [0.15, 0.2) is 30.5 Å². The lowest BCUT2D eigenvalue weighted by molar-refractivity contribution is 0.176. The quantitative estimate of drug-likeness (QED) is 0.848. The third kappa shape index (κ3) is 4.55. The van der Waals surface area contributed by atoms with E-state index in [1.807, 2.05) is 10.7 Å². The molecule has 1 N–H and O–H groups in total. The van der Waals surface area contributed by atoms with Gasteiger partial charge in [-0.1, -0.05) is 6.07 Å². The topological polar surface area (TPSA) is 36.3 Å². The largest absolute Gasteiger partial charge is 0.346 e. The lowest BCUT2D eigenvalue weighted by Crippen LogP contribution is -2.49. The number of benzene rings is 1. The third-order valence-electron chi connectivity index (χ3n) is 4.50. The summed E-state index contributed by atoms with van der Waals surface area (Å²) < 4.78 is 15.3. The monoisotopic (exact) mass is 361 g/mol. The molecule has 0 amide bonds. The minimum absolute atomic E-state index is 0.263. The molecular formula is C18H24FN5S. The van der Waals surface area contributed by atoms with Gasteiger partial charge in [-0.25, -0.2) is 4.39 Å². The van der Waals surface area contributed by atoms with Crippen LogP contribution in [0.25, 0.3) is 0 Å². The van der Waals surface area contributed by atoms with E-state index in [0.29, 0.717) is 10.8 Å². The highest BCUT2D eigenvalue weighted by Gasteiger charge is 2.20. The van der Waals surface area contributed by atoms with Gasteiger partial charge >= 0.3 is 0 Å². The summed E-state index contributed by atoms with van der Waals surface area (Å²) in [6.45, 7) is 9.60. The summed E-state index contributed by atoms with van der Waals surface area (Å²) in [5.41, 5.74) is 3.08. The molecule has 0 aliphatic carbocycles. The molecule has 1 saturated heterocycles. The summed E-state index contributed by atoms with van der Waals surface area (Å²) in [5, 5.41) is 8.29. The summed E-state index contributed by atoms with van der Waals surface area (Å²) in [6.07, 6.45) is 2.14. The SMILES string of the molecule is CCn1cc(CN2CCN(C(=S)Nc3cccc(F)c3)CC2)c(C)n1. The van der Waals surface area contributed by atoms with Crippen molar-refractivity contribution >= 4 is 23.0 Å². The van der Waals surface area contributed by atoms with E-state index in [4.69, 9.17) is 12.2 Å². The number of thiocarbonyl (C=S) groups is 1. The Morgan fingerprint density at radius 1 is 1.28 bits per heavy atom. The Bertz CT molecular complexity index is 737. The molecule has 134 valence electrons. The first kappa shape index (κ1) is 17.8. The second kappa shape index (κ2) is 7.93. The summed E-state index contributed by atoms with van der Waals surface area (Å²) in [7, 11) is 0. The van der Waals surface area contributed by atoms with Crippen molar-refractivity contribution in [3.63, 3.8) is 0 Å². The second-order valence-corrected chi connectivity index (χ2v) is 6.69. The molecule has 3 rings (SSSR count). The first-order valence-corrected chi connectivity index (χ1v) is 9.02. The Balaban J connectivity index is 1.51. The molecular weight excluding hydrogens is 337 g/mol. The van der Waals surface area contributed by atoms with Crippen LogP contribution >= 0.6 is 12.2 Å². The van der Waals surface area contributed by atoms with Crippen LogP contribution < -0.4 is 5.32 Å². The van der Waals surface area contributed by atoms with Gasteiger partial charge < -0.3 is 10.2 Å². The fraction of sp³-hybridized carbons (Fsp3) is 0.444.